The molecule has 3 heterocycles. The number of thiophene rings is 1. The molecule has 1 aliphatic heterocycles. The van der Waals surface area contributed by atoms with E-state index in [1.165, 1.54) is 12.8 Å². The van der Waals surface area contributed by atoms with Gasteiger partial charge in [-0.1, -0.05) is 55.5 Å². The molecule has 1 saturated carbocycles. The number of benzene rings is 1. The maximum Gasteiger partial charge on any atom is 0.273 e. The number of amides is 2. The van der Waals surface area contributed by atoms with Crippen LogP contribution in [0.1, 0.15) is 61.5 Å². The van der Waals surface area contributed by atoms with Crippen molar-refractivity contribution in [2.45, 2.75) is 70.1 Å². The molecule has 1 fully saturated rings. The Kier molecular flexibility index (Phi) is 6.49. The lowest BCUT2D eigenvalue weighted by atomic mass is 9.93. The van der Waals surface area contributed by atoms with Crippen LogP contribution in [-0.4, -0.2) is 38.1 Å². The summed E-state index contributed by atoms with van der Waals surface area (Å²) in [6.07, 6.45) is 6.66. The van der Waals surface area contributed by atoms with E-state index in [0.717, 1.165) is 41.8 Å². The molecule has 178 valence electrons. The molecule has 0 bridgehead atoms. The van der Waals surface area contributed by atoms with Crippen molar-refractivity contribution in [2.24, 2.45) is 0 Å². The zero-order chi connectivity index (χ0) is 23.7. The predicted molar refractivity (Wildman–Crippen MR) is 135 cm³/mol. The van der Waals surface area contributed by atoms with Crippen LogP contribution in [0, 0.1) is 0 Å². The van der Waals surface area contributed by atoms with Crippen molar-refractivity contribution in [3.05, 3.63) is 64.1 Å². The summed E-state index contributed by atoms with van der Waals surface area (Å²) in [5.74, 6) is -0.296. The maximum atomic E-state index is 13.8. The van der Waals surface area contributed by atoms with Gasteiger partial charge in [0.25, 0.3) is 5.91 Å². The number of carbonyl (C=O) groups is 2. The number of nitrogens with one attached hydrogen (secondary N) is 1. The lowest BCUT2D eigenvalue weighted by Crippen LogP contribution is -2.64. The number of carbonyl (C=O) groups excluding carboxylic acids is 2. The molecule has 5 rings (SSSR count). The van der Waals surface area contributed by atoms with E-state index >= 15 is 0 Å². The summed E-state index contributed by atoms with van der Waals surface area (Å²) in [6, 6.07) is 13.4. The van der Waals surface area contributed by atoms with Crippen molar-refractivity contribution < 1.29 is 9.59 Å². The molecule has 0 saturated heterocycles. The smallest absolute Gasteiger partial charge is 0.273 e. The number of halogens is 1. The third-order valence-corrected chi connectivity index (χ3v) is 8.15. The van der Waals surface area contributed by atoms with Gasteiger partial charge in [-0.25, -0.2) is 0 Å². The molecule has 2 aliphatic rings. The van der Waals surface area contributed by atoms with Crippen LogP contribution in [0.4, 0.5) is 0 Å². The molecule has 1 atom stereocenters. The van der Waals surface area contributed by atoms with Gasteiger partial charge in [-0.05, 0) is 55.0 Å². The molecule has 1 aromatic carbocycles. The monoisotopic (exact) mass is 496 g/mol. The van der Waals surface area contributed by atoms with E-state index in [9.17, 15) is 9.59 Å². The Morgan fingerprint density at radius 2 is 1.91 bits per heavy atom. The van der Waals surface area contributed by atoms with Crippen LogP contribution in [0.5, 0.6) is 0 Å². The van der Waals surface area contributed by atoms with Gasteiger partial charge in [0.2, 0.25) is 5.91 Å². The van der Waals surface area contributed by atoms with Crippen molar-refractivity contribution in [3.8, 4) is 10.6 Å². The highest BCUT2D eigenvalue weighted by Gasteiger charge is 2.48. The number of rotatable bonds is 5. The Hall–Kier alpha value is -2.64. The number of nitrogens with zero attached hydrogens (tertiary/aromatic N) is 3. The molecule has 0 unspecified atom stereocenters. The molecule has 34 heavy (non-hydrogen) atoms. The Labute approximate surface area is 208 Å². The quantitative estimate of drug-likeness (QED) is 0.473. The van der Waals surface area contributed by atoms with Gasteiger partial charge in [0.1, 0.15) is 16.9 Å². The molecule has 2 aromatic heterocycles. The molecular formula is C26H29ClN4O2S. The molecular weight excluding hydrogens is 468 g/mol. The van der Waals surface area contributed by atoms with Gasteiger partial charge >= 0.3 is 0 Å². The van der Waals surface area contributed by atoms with Gasteiger partial charge in [0.05, 0.1) is 11.4 Å². The number of aromatic nitrogens is 2. The Morgan fingerprint density at radius 3 is 2.59 bits per heavy atom. The van der Waals surface area contributed by atoms with Crippen molar-refractivity contribution in [3.63, 3.8) is 0 Å². The highest BCUT2D eigenvalue weighted by atomic mass is 35.5. The van der Waals surface area contributed by atoms with E-state index in [2.05, 4.69) is 5.32 Å². The standard InChI is InChI=1S/C26H29ClN4O2S/c1-26(25(33)28-20-7-4-2-3-5-8-20)17-31-22(15-21(29-31)23-9-6-14-34-23)24(32)30(26)16-18-10-12-19(27)13-11-18/h6,9-15,20H,2-5,7-8,16-17H2,1H3,(H,28,33)/t26-/m0/s1. The summed E-state index contributed by atoms with van der Waals surface area (Å²) in [5, 5.41) is 10.6. The molecule has 2 amide bonds. The van der Waals surface area contributed by atoms with Gasteiger partial charge < -0.3 is 10.2 Å². The molecule has 1 aliphatic carbocycles. The first-order valence-corrected chi connectivity index (χ1v) is 13.2. The van der Waals surface area contributed by atoms with E-state index < -0.39 is 5.54 Å². The van der Waals surface area contributed by atoms with Crippen molar-refractivity contribution >= 4 is 34.8 Å². The zero-order valence-corrected chi connectivity index (χ0v) is 20.9. The third-order valence-electron chi connectivity index (χ3n) is 7.00. The fraction of sp³-hybridized carbons (Fsp3) is 0.423. The third kappa shape index (κ3) is 4.51. The number of hydrogen-bond acceptors (Lipinski definition) is 4. The minimum atomic E-state index is -1.06. The molecule has 8 heteroatoms. The number of fused-ring (bicyclic) bond motifs is 1. The number of hydrogen-bond donors (Lipinski definition) is 1. The van der Waals surface area contributed by atoms with E-state index in [1.54, 1.807) is 20.9 Å². The molecule has 6 nitrogen and oxygen atoms in total. The Balaban J connectivity index is 1.49. The Bertz CT molecular complexity index is 1170. The topological polar surface area (TPSA) is 67.2 Å². The molecule has 3 aromatic rings. The normalized spacial score (nSPS) is 21.2. The van der Waals surface area contributed by atoms with Crippen molar-refractivity contribution in [1.82, 2.24) is 20.0 Å². The lowest BCUT2D eigenvalue weighted by molar-refractivity contribution is -0.134. The second-order valence-corrected chi connectivity index (χ2v) is 10.9. The van der Waals surface area contributed by atoms with Gasteiger partial charge in [-0.3, -0.25) is 14.3 Å². The average Bonchev–Trinajstić information content (AvgIpc) is 3.43. The van der Waals surface area contributed by atoms with Crippen LogP contribution in [-0.2, 0) is 17.9 Å². The minimum absolute atomic E-state index is 0.111. The highest BCUT2D eigenvalue weighted by Crippen LogP contribution is 2.33. The summed E-state index contributed by atoms with van der Waals surface area (Å²) in [5.41, 5.74) is 1.14. The first kappa shape index (κ1) is 23.1. The predicted octanol–water partition coefficient (Wildman–Crippen LogP) is 5.52. The van der Waals surface area contributed by atoms with E-state index in [-0.39, 0.29) is 17.9 Å². The van der Waals surface area contributed by atoms with Crippen molar-refractivity contribution in [1.29, 1.82) is 0 Å². The molecule has 0 radical (unpaired) electrons. The highest BCUT2D eigenvalue weighted by molar-refractivity contribution is 7.13. The van der Waals surface area contributed by atoms with Crippen LogP contribution in [0.3, 0.4) is 0 Å². The first-order chi connectivity index (χ1) is 16.4. The minimum Gasteiger partial charge on any atom is -0.351 e. The summed E-state index contributed by atoms with van der Waals surface area (Å²) < 4.78 is 1.71. The van der Waals surface area contributed by atoms with Crippen LogP contribution in [0.15, 0.2) is 47.8 Å². The second kappa shape index (κ2) is 9.55. The second-order valence-electron chi connectivity index (χ2n) is 9.50. The van der Waals surface area contributed by atoms with E-state index in [4.69, 9.17) is 16.7 Å². The summed E-state index contributed by atoms with van der Waals surface area (Å²) in [7, 11) is 0. The van der Waals surface area contributed by atoms with Gasteiger partial charge in [-0.2, -0.15) is 5.10 Å². The van der Waals surface area contributed by atoms with Gasteiger partial charge in [0.15, 0.2) is 0 Å². The summed E-state index contributed by atoms with van der Waals surface area (Å²) in [6.45, 7) is 2.50. The summed E-state index contributed by atoms with van der Waals surface area (Å²) in [4.78, 5) is 30.3. The largest absolute Gasteiger partial charge is 0.351 e. The lowest BCUT2D eigenvalue weighted by Gasteiger charge is -2.44. The molecule has 0 spiro atoms. The summed E-state index contributed by atoms with van der Waals surface area (Å²) >= 11 is 7.66. The van der Waals surface area contributed by atoms with Crippen LogP contribution in [0.2, 0.25) is 5.02 Å². The van der Waals surface area contributed by atoms with Crippen LogP contribution < -0.4 is 5.32 Å². The molecule has 1 N–H and O–H groups in total. The fourth-order valence-electron chi connectivity index (χ4n) is 4.97. The Morgan fingerprint density at radius 1 is 1.18 bits per heavy atom. The van der Waals surface area contributed by atoms with E-state index in [1.807, 2.05) is 54.8 Å². The van der Waals surface area contributed by atoms with Gasteiger partial charge in [-0.15, -0.1) is 11.3 Å². The first-order valence-electron chi connectivity index (χ1n) is 11.9. The fourth-order valence-corrected chi connectivity index (χ4v) is 5.78. The average molecular weight is 497 g/mol. The zero-order valence-electron chi connectivity index (χ0n) is 19.3. The van der Waals surface area contributed by atoms with Gasteiger partial charge in [0, 0.05) is 17.6 Å². The maximum absolute atomic E-state index is 13.8. The van der Waals surface area contributed by atoms with Crippen LogP contribution in [0.25, 0.3) is 10.6 Å². The van der Waals surface area contributed by atoms with Crippen LogP contribution >= 0.6 is 22.9 Å². The van der Waals surface area contributed by atoms with Crippen molar-refractivity contribution in [2.75, 3.05) is 0 Å². The van der Waals surface area contributed by atoms with E-state index in [0.29, 0.717) is 23.8 Å². The SMILES string of the molecule is C[C@@]1(C(=O)NC2CCCCCC2)Cn2nc(-c3cccs3)cc2C(=O)N1Cc1ccc(Cl)cc1.